The van der Waals surface area contributed by atoms with Crippen molar-refractivity contribution in [2.45, 2.75) is 6.54 Å². The van der Waals surface area contributed by atoms with Crippen LogP contribution < -0.4 is 4.57 Å². The van der Waals surface area contributed by atoms with E-state index in [1.807, 2.05) is 24.7 Å². The summed E-state index contributed by atoms with van der Waals surface area (Å²) in [4.78, 5) is 11.0. The Bertz CT molecular complexity index is 951. The Morgan fingerprint density at radius 1 is 1.26 bits per heavy atom. The Balaban J connectivity index is 2.00. The quantitative estimate of drug-likeness (QED) is 0.402. The van der Waals surface area contributed by atoms with Crippen LogP contribution in [0, 0.1) is 0 Å². The topological polar surface area (TPSA) is 34.1 Å². The molecule has 0 radical (unpaired) electrons. The molecule has 0 fully saturated rings. The second kappa shape index (κ2) is 3.19. The minimum atomic E-state index is 0.911. The number of imidazole rings is 1. The summed E-state index contributed by atoms with van der Waals surface area (Å²) >= 11 is 1.74. The maximum atomic E-state index is 4.45. The summed E-state index contributed by atoms with van der Waals surface area (Å²) in [6.07, 6.45) is 7.88. The average Bonchev–Trinajstić information content (AvgIpc) is 3.04. The summed E-state index contributed by atoms with van der Waals surface area (Å²) in [7, 11) is 0. The van der Waals surface area contributed by atoms with E-state index in [1.54, 1.807) is 11.3 Å². The van der Waals surface area contributed by atoms with Crippen molar-refractivity contribution in [3.05, 3.63) is 48.5 Å². The summed E-state index contributed by atoms with van der Waals surface area (Å²) in [6.45, 7) is 0.911. The van der Waals surface area contributed by atoms with Crippen molar-refractivity contribution in [2.24, 2.45) is 0 Å². The zero-order chi connectivity index (χ0) is 12.4. The highest BCUT2D eigenvalue weighted by Crippen LogP contribution is 2.33. The summed E-state index contributed by atoms with van der Waals surface area (Å²) in [6, 6.07) is 6.22. The Hall–Kier alpha value is -2.27. The molecule has 90 valence electrons. The van der Waals surface area contributed by atoms with Gasteiger partial charge in [0.1, 0.15) is 12.7 Å². The van der Waals surface area contributed by atoms with Gasteiger partial charge in [0.2, 0.25) is 4.83 Å². The van der Waals surface area contributed by atoms with Gasteiger partial charge in [-0.05, 0) is 18.2 Å². The third kappa shape index (κ3) is 1.11. The highest BCUT2D eigenvalue weighted by atomic mass is 32.1. The second-order valence-electron chi connectivity index (χ2n) is 4.72. The number of nitrogens with zero attached hydrogens (tertiary/aromatic N) is 4. The lowest BCUT2D eigenvalue weighted by atomic mass is 10.2. The van der Waals surface area contributed by atoms with Gasteiger partial charge in [-0.3, -0.25) is 4.98 Å². The molecule has 4 nitrogen and oxygen atoms in total. The first-order valence-corrected chi connectivity index (χ1v) is 6.95. The molecule has 4 aromatic rings. The van der Waals surface area contributed by atoms with E-state index in [2.05, 4.69) is 37.3 Å². The lowest BCUT2D eigenvalue weighted by molar-refractivity contribution is -0.670. The third-order valence-electron chi connectivity index (χ3n) is 3.65. The largest absolute Gasteiger partial charge is 0.296 e. The van der Waals surface area contributed by atoms with Crippen LogP contribution in [0.3, 0.4) is 0 Å². The van der Waals surface area contributed by atoms with Crippen LogP contribution >= 0.6 is 11.3 Å². The Morgan fingerprint density at radius 2 is 2.26 bits per heavy atom. The van der Waals surface area contributed by atoms with Gasteiger partial charge in [0.25, 0.3) is 5.82 Å². The number of pyridine rings is 2. The van der Waals surface area contributed by atoms with Crippen LogP contribution in [0.15, 0.2) is 43.0 Å². The molecular formula is C14H9N4S+. The van der Waals surface area contributed by atoms with E-state index < -0.39 is 0 Å². The highest BCUT2D eigenvalue weighted by molar-refractivity contribution is 7.23. The molecule has 1 aliphatic rings. The summed E-state index contributed by atoms with van der Waals surface area (Å²) in [5.41, 5.74) is 3.75. The molecule has 0 unspecified atom stereocenters. The van der Waals surface area contributed by atoms with Crippen LogP contribution in [-0.4, -0.2) is 14.4 Å². The van der Waals surface area contributed by atoms with Crippen molar-refractivity contribution in [3.63, 3.8) is 0 Å². The Labute approximate surface area is 112 Å². The fourth-order valence-corrected chi connectivity index (χ4v) is 3.90. The van der Waals surface area contributed by atoms with E-state index >= 15 is 0 Å². The molecule has 1 aliphatic heterocycles. The Morgan fingerprint density at radius 3 is 3.26 bits per heavy atom. The standard InChI is InChI=1S/C14H9N4S/c1-2-11-13(16-4-1)19-12-8-17-7-9-6-15-5-3-10(9)14(17)18(11)12/h1-6,8H,7H2/q+1. The van der Waals surface area contributed by atoms with Crippen molar-refractivity contribution in [1.82, 2.24) is 14.4 Å². The van der Waals surface area contributed by atoms with E-state index in [1.165, 1.54) is 27.3 Å². The lowest BCUT2D eigenvalue weighted by Crippen LogP contribution is -2.29. The summed E-state index contributed by atoms with van der Waals surface area (Å²) < 4.78 is 4.60. The maximum absolute atomic E-state index is 4.45. The van der Waals surface area contributed by atoms with Gasteiger partial charge in [0.05, 0.1) is 5.56 Å². The molecule has 5 rings (SSSR count). The lowest BCUT2D eigenvalue weighted by Gasteiger charge is -1.92. The van der Waals surface area contributed by atoms with E-state index in [9.17, 15) is 0 Å². The normalized spacial score (nSPS) is 13.1. The number of fused-ring (bicyclic) bond motifs is 7. The van der Waals surface area contributed by atoms with E-state index in [0.29, 0.717) is 0 Å². The van der Waals surface area contributed by atoms with Gasteiger partial charge in [0.15, 0.2) is 10.3 Å². The molecule has 0 spiro atoms. The van der Waals surface area contributed by atoms with E-state index in [0.717, 1.165) is 11.4 Å². The smallest absolute Gasteiger partial charge is 0.264 e. The molecule has 0 bridgehead atoms. The van der Waals surface area contributed by atoms with Crippen LogP contribution in [0.1, 0.15) is 5.56 Å². The van der Waals surface area contributed by atoms with Crippen LogP contribution in [0.25, 0.3) is 26.6 Å². The minimum Gasteiger partial charge on any atom is -0.264 e. The highest BCUT2D eigenvalue weighted by Gasteiger charge is 2.32. The van der Waals surface area contributed by atoms with Crippen molar-refractivity contribution in [2.75, 3.05) is 0 Å². The summed E-state index contributed by atoms with van der Waals surface area (Å²) in [5, 5.41) is 0. The predicted molar refractivity (Wildman–Crippen MR) is 73.1 cm³/mol. The van der Waals surface area contributed by atoms with Crippen LogP contribution in [0.2, 0.25) is 0 Å². The first-order valence-electron chi connectivity index (χ1n) is 6.13. The van der Waals surface area contributed by atoms with Gasteiger partial charge in [-0.1, -0.05) is 11.3 Å². The average molecular weight is 265 g/mol. The predicted octanol–water partition coefficient (Wildman–Crippen LogP) is 2.26. The fraction of sp³-hybridized carbons (Fsp3) is 0.0714. The van der Waals surface area contributed by atoms with E-state index in [-0.39, 0.29) is 0 Å². The second-order valence-corrected chi connectivity index (χ2v) is 5.73. The van der Waals surface area contributed by atoms with Gasteiger partial charge in [-0.2, -0.15) is 4.40 Å². The molecular weight excluding hydrogens is 256 g/mol. The molecule has 0 saturated carbocycles. The number of hydrogen-bond donors (Lipinski definition) is 0. The van der Waals surface area contributed by atoms with E-state index in [4.69, 9.17) is 0 Å². The van der Waals surface area contributed by atoms with Crippen LogP contribution in [-0.2, 0) is 6.54 Å². The fourth-order valence-electron chi connectivity index (χ4n) is 2.87. The molecule has 4 aromatic heterocycles. The van der Waals surface area contributed by atoms with Crippen molar-refractivity contribution < 1.29 is 4.57 Å². The molecule has 0 aliphatic carbocycles. The monoisotopic (exact) mass is 265 g/mol. The molecule has 0 aromatic carbocycles. The number of thiazole rings is 1. The van der Waals surface area contributed by atoms with Gasteiger partial charge >= 0.3 is 0 Å². The Kier molecular flexibility index (Phi) is 1.62. The zero-order valence-electron chi connectivity index (χ0n) is 9.95. The number of rotatable bonds is 0. The van der Waals surface area contributed by atoms with Crippen molar-refractivity contribution in [1.29, 1.82) is 0 Å². The maximum Gasteiger partial charge on any atom is 0.296 e. The molecule has 5 heterocycles. The van der Waals surface area contributed by atoms with Gasteiger partial charge in [-0.25, -0.2) is 9.55 Å². The van der Waals surface area contributed by atoms with Crippen LogP contribution in [0.5, 0.6) is 0 Å². The first-order chi connectivity index (χ1) is 9.42. The van der Waals surface area contributed by atoms with Gasteiger partial charge in [-0.15, -0.1) is 0 Å². The molecule has 0 saturated heterocycles. The molecule has 0 amide bonds. The third-order valence-corrected chi connectivity index (χ3v) is 4.65. The molecule has 19 heavy (non-hydrogen) atoms. The summed E-state index contributed by atoms with van der Waals surface area (Å²) in [5.74, 6) is 1.24. The van der Waals surface area contributed by atoms with Crippen LogP contribution in [0.4, 0.5) is 0 Å². The molecule has 0 N–H and O–H groups in total. The number of aromatic nitrogens is 4. The minimum absolute atomic E-state index is 0.911. The van der Waals surface area contributed by atoms with Crippen molar-refractivity contribution >= 4 is 26.5 Å². The number of hydrogen-bond acceptors (Lipinski definition) is 3. The zero-order valence-corrected chi connectivity index (χ0v) is 10.8. The molecule has 0 atom stereocenters. The van der Waals surface area contributed by atoms with Gasteiger partial charge in [0, 0.05) is 24.2 Å². The SMILES string of the molecule is c1cnc2sc3c[n+]4c(n3c2c1)-c1ccncc1C4. The van der Waals surface area contributed by atoms with Crippen molar-refractivity contribution in [3.8, 4) is 11.4 Å². The molecule has 5 heteroatoms. The first kappa shape index (κ1) is 9.63. The van der Waals surface area contributed by atoms with Gasteiger partial charge < -0.3 is 0 Å².